The summed E-state index contributed by atoms with van der Waals surface area (Å²) in [7, 11) is 0. The number of para-hydroxylation sites is 1. The molecule has 2 N–H and O–H groups in total. The van der Waals surface area contributed by atoms with Crippen molar-refractivity contribution in [3.05, 3.63) is 114 Å². The number of carbonyl (C=O) groups is 1. The molecule has 1 amide bonds. The van der Waals surface area contributed by atoms with Crippen molar-refractivity contribution in [3.63, 3.8) is 0 Å². The monoisotopic (exact) mass is 418 g/mol. The topological polar surface area (TPSA) is 83.3 Å². The normalized spacial score (nSPS) is 14.9. The lowest BCUT2D eigenvalue weighted by molar-refractivity contribution is 0.0929. The van der Waals surface area contributed by atoms with Gasteiger partial charge in [0.15, 0.2) is 18.3 Å². The number of oxazole rings is 1. The number of H-pyrrole nitrogens is 1. The SMILES string of the molecule is O=C(N[C@H]1N=C(c2ccccc2)c2ccccc2-c2ncoc21)c1cc2ccccc2[nH]1. The molecule has 6 rings (SSSR count). The first-order valence-corrected chi connectivity index (χ1v) is 10.3. The van der Waals surface area contributed by atoms with Crippen LogP contribution in [-0.2, 0) is 0 Å². The summed E-state index contributed by atoms with van der Waals surface area (Å²) >= 11 is 0. The minimum absolute atomic E-state index is 0.268. The van der Waals surface area contributed by atoms with Crippen molar-refractivity contribution < 1.29 is 9.21 Å². The second-order valence-electron chi connectivity index (χ2n) is 7.60. The Morgan fingerprint density at radius 3 is 2.50 bits per heavy atom. The largest absolute Gasteiger partial charge is 0.444 e. The number of hydrogen-bond donors (Lipinski definition) is 2. The quantitative estimate of drug-likeness (QED) is 0.427. The van der Waals surface area contributed by atoms with Crippen LogP contribution >= 0.6 is 0 Å². The molecule has 3 aromatic carbocycles. The van der Waals surface area contributed by atoms with Crippen LogP contribution in [0.15, 0.2) is 101 Å². The summed E-state index contributed by atoms with van der Waals surface area (Å²) in [6.45, 7) is 0. The van der Waals surface area contributed by atoms with Crippen LogP contribution in [0.1, 0.15) is 33.5 Å². The number of aromatic nitrogens is 2. The van der Waals surface area contributed by atoms with Gasteiger partial charge in [-0.15, -0.1) is 0 Å². The predicted molar refractivity (Wildman–Crippen MR) is 123 cm³/mol. The lowest BCUT2D eigenvalue weighted by atomic mass is 9.96. The van der Waals surface area contributed by atoms with Gasteiger partial charge in [0.05, 0.1) is 5.71 Å². The van der Waals surface area contributed by atoms with E-state index in [4.69, 9.17) is 9.41 Å². The van der Waals surface area contributed by atoms with Gasteiger partial charge in [-0.1, -0.05) is 72.8 Å². The number of benzene rings is 3. The standard InChI is InChI=1S/C26H18N4O2/c31-26(21-14-17-10-4-7-13-20(17)28-21)30-25-24-23(27-15-32-24)19-12-6-5-11-18(19)22(29-25)16-8-2-1-3-9-16/h1-15,25,28H,(H,30,31)/t25-/m1/s1. The summed E-state index contributed by atoms with van der Waals surface area (Å²) < 4.78 is 5.74. The van der Waals surface area contributed by atoms with Crippen molar-refractivity contribution in [2.75, 3.05) is 0 Å². The van der Waals surface area contributed by atoms with Crippen LogP contribution in [0.5, 0.6) is 0 Å². The third kappa shape index (κ3) is 3.01. The van der Waals surface area contributed by atoms with E-state index in [1.807, 2.05) is 84.9 Å². The van der Waals surface area contributed by atoms with Gasteiger partial charge in [-0.25, -0.2) is 4.98 Å². The van der Waals surface area contributed by atoms with Crippen molar-refractivity contribution in [1.29, 1.82) is 0 Å². The zero-order valence-electron chi connectivity index (χ0n) is 16.9. The van der Waals surface area contributed by atoms with E-state index in [-0.39, 0.29) is 5.91 Å². The molecule has 154 valence electrons. The minimum Gasteiger partial charge on any atom is -0.444 e. The van der Waals surface area contributed by atoms with Crippen LogP contribution in [0.2, 0.25) is 0 Å². The summed E-state index contributed by atoms with van der Waals surface area (Å²) in [4.78, 5) is 25.7. The third-order valence-corrected chi connectivity index (χ3v) is 5.63. The molecule has 2 aromatic heterocycles. The second kappa shape index (κ2) is 7.35. The van der Waals surface area contributed by atoms with Gasteiger partial charge in [-0.3, -0.25) is 9.79 Å². The molecule has 6 nitrogen and oxygen atoms in total. The van der Waals surface area contributed by atoms with Crippen LogP contribution in [0.4, 0.5) is 0 Å². The average Bonchev–Trinajstić information content (AvgIpc) is 3.47. The Balaban J connectivity index is 1.47. The predicted octanol–water partition coefficient (Wildman–Crippen LogP) is 5.10. The number of aromatic amines is 1. The Hall–Kier alpha value is -4.45. The number of carbonyl (C=O) groups excluding carboxylic acids is 1. The first kappa shape index (κ1) is 18.3. The van der Waals surface area contributed by atoms with Crippen LogP contribution in [0.25, 0.3) is 22.2 Å². The molecule has 1 aliphatic rings. The molecule has 3 heterocycles. The minimum atomic E-state index is -0.728. The van der Waals surface area contributed by atoms with Crippen molar-refractivity contribution in [2.24, 2.45) is 4.99 Å². The molecule has 0 bridgehead atoms. The number of fused-ring (bicyclic) bond motifs is 4. The van der Waals surface area contributed by atoms with Gasteiger partial charge in [0.2, 0.25) is 0 Å². The molecule has 1 atom stereocenters. The zero-order valence-corrected chi connectivity index (χ0v) is 16.9. The average molecular weight is 418 g/mol. The number of amides is 1. The van der Waals surface area contributed by atoms with E-state index in [1.165, 1.54) is 6.39 Å². The lowest BCUT2D eigenvalue weighted by Gasteiger charge is -2.13. The summed E-state index contributed by atoms with van der Waals surface area (Å²) in [5.41, 5.74) is 5.63. The zero-order chi connectivity index (χ0) is 21.5. The number of rotatable bonds is 3. The molecule has 0 spiro atoms. The highest BCUT2D eigenvalue weighted by molar-refractivity contribution is 6.17. The molecule has 0 saturated heterocycles. The maximum atomic E-state index is 13.2. The molecule has 0 fully saturated rings. The van der Waals surface area contributed by atoms with Gasteiger partial charge in [0.1, 0.15) is 11.4 Å². The first-order valence-electron chi connectivity index (χ1n) is 10.3. The maximum absolute atomic E-state index is 13.2. The van der Waals surface area contributed by atoms with Crippen LogP contribution in [0, 0.1) is 0 Å². The van der Waals surface area contributed by atoms with Gasteiger partial charge >= 0.3 is 0 Å². The summed E-state index contributed by atoms with van der Waals surface area (Å²) in [5, 5.41) is 3.99. The van der Waals surface area contributed by atoms with Crippen molar-refractivity contribution >= 4 is 22.5 Å². The molecule has 0 aliphatic carbocycles. The highest BCUT2D eigenvalue weighted by atomic mass is 16.3. The molecule has 0 radical (unpaired) electrons. The fourth-order valence-corrected chi connectivity index (χ4v) is 4.13. The summed E-state index contributed by atoms with van der Waals surface area (Å²) in [6, 6.07) is 27.5. The molecule has 0 saturated carbocycles. The highest BCUT2D eigenvalue weighted by Crippen LogP contribution is 2.35. The summed E-state index contributed by atoms with van der Waals surface area (Å²) in [5.74, 6) is 0.239. The molecule has 32 heavy (non-hydrogen) atoms. The molecular weight excluding hydrogens is 400 g/mol. The van der Waals surface area contributed by atoms with Crippen molar-refractivity contribution in [2.45, 2.75) is 6.17 Å². The molecule has 6 heteroatoms. The van der Waals surface area contributed by atoms with E-state index < -0.39 is 6.17 Å². The van der Waals surface area contributed by atoms with Gasteiger partial charge in [-0.2, -0.15) is 0 Å². The van der Waals surface area contributed by atoms with Crippen LogP contribution in [-0.4, -0.2) is 21.6 Å². The summed E-state index contributed by atoms with van der Waals surface area (Å²) in [6.07, 6.45) is 0.668. The first-order chi connectivity index (χ1) is 15.8. The smallest absolute Gasteiger partial charge is 0.269 e. The number of hydrogen-bond acceptors (Lipinski definition) is 4. The van der Waals surface area contributed by atoms with Gasteiger partial charge in [-0.05, 0) is 12.1 Å². The van der Waals surface area contributed by atoms with Gasteiger partial charge < -0.3 is 14.7 Å². The van der Waals surface area contributed by atoms with E-state index in [1.54, 1.807) is 0 Å². The van der Waals surface area contributed by atoms with Gasteiger partial charge in [0.25, 0.3) is 5.91 Å². The third-order valence-electron chi connectivity index (χ3n) is 5.63. The van der Waals surface area contributed by atoms with E-state index in [2.05, 4.69) is 15.3 Å². The maximum Gasteiger partial charge on any atom is 0.269 e. The number of nitrogens with zero attached hydrogens (tertiary/aromatic N) is 2. The fraction of sp³-hybridized carbons (Fsp3) is 0.0385. The highest BCUT2D eigenvalue weighted by Gasteiger charge is 2.30. The van der Waals surface area contributed by atoms with E-state index in [0.717, 1.165) is 33.3 Å². The second-order valence-corrected chi connectivity index (χ2v) is 7.60. The molecule has 0 unspecified atom stereocenters. The Kier molecular flexibility index (Phi) is 4.21. The lowest BCUT2D eigenvalue weighted by Crippen LogP contribution is -2.28. The Morgan fingerprint density at radius 2 is 1.66 bits per heavy atom. The van der Waals surface area contributed by atoms with Crippen LogP contribution < -0.4 is 5.32 Å². The molecular formula is C26H18N4O2. The van der Waals surface area contributed by atoms with Gasteiger partial charge in [0, 0.05) is 27.6 Å². The Labute approximate surface area is 183 Å². The van der Waals surface area contributed by atoms with E-state index >= 15 is 0 Å². The van der Waals surface area contributed by atoms with E-state index in [0.29, 0.717) is 17.1 Å². The Bertz CT molecular complexity index is 1450. The molecule has 5 aromatic rings. The number of aliphatic imine (C=N–C) groups is 1. The Morgan fingerprint density at radius 1 is 0.906 bits per heavy atom. The molecule has 1 aliphatic heterocycles. The van der Waals surface area contributed by atoms with Crippen molar-refractivity contribution in [3.8, 4) is 11.3 Å². The van der Waals surface area contributed by atoms with E-state index in [9.17, 15) is 4.79 Å². The fourth-order valence-electron chi connectivity index (χ4n) is 4.13. The number of nitrogens with one attached hydrogen (secondary N) is 2. The van der Waals surface area contributed by atoms with Crippen LogP contribution in [0.3, 0.4) is 0 Å². The van der Waals surface area contributed by atoms with Crippen molar-refractivity contribution in [1.82, 2.24) is 15.3 Å².